The molecule has 0 bridgehead atoms. The van der Waals surface area contributed by atoms with Crippen molar-refractivity contribution in [3.8, 4) is 0 Å². The maximum atomic E-state index is 13.2. The Kier molecular flexibility index (Phi) is 5.84. The molecule has 25 heavy (non-hydrogen) atoms. The Labute approximate surface area is 152 Å². The van der Waals surface area contributed by atoms with Gasteiger partial charge in [-0.15, -0.1) is 11.3 Å². The number of benzene rings is 1. The largest absolute Gasteiger partial charge is 0.343 e. The summed E-state index contributed by atoms with van der Waals surface area (Å²) in [6.45, 7) is 5.85. The van der Waals surface area contributed by atoms with Gasteiger partial charge in [-0.25, -0.2) is 9.37 Å². The van der Waals surface area contributed by atoms with Crippen LogP contribution in [0.3, 0.4) is 0 Å². The maximum absolute atomic E-state index is 13.2. The smallest absolute Gasteiger partial charge is 0.223 e. The van der Waals surface area contributed by atoms with Gasteiger partial charge in [-0.05, 0) is 42.4 Å². The summed E-state index contributed by atoms with van der Waals surface area (Å²) in [4.78, 5) is 19.2. The molecule has 3 nitrogen and oxygen atoms in total. The first-order valence-electron chi connectivity index (χ1n) is 8.97. The summed E-state index contributed by atoms with van der Waals surface area (Å²) >= 11 is 1.71. The minimum absolute atomic E-state index is 0.129. The summed E-state index contributed by atoms with van der Waals surface area (Å²) in [5, 5.41) is 3.21. The van der Waals surface area contributed by atoms with Crippen LogP contribution in [0.5, 0.6) is 0 Å². The van der Waals surface area contributed by atoms with E-state index in [1.54, 1.807) is 11.3 Å². The molecule has 0 saturated carbocycles. The van der Waals surface area contributed by atoms with Gasteiger partial charge in [-0.3, -0.25) is 4.79 Å². The van der Waals surface area contributed by atoms with Crippen molar-refractivity contribution in [1.82, 2.24) is 9.88 Å². The summed E-state index contributed by atoms with van der Waals surface area (Å²) in [6, 6.07) is 6.58. The molecule has 0 aliphatic carbocycles. The second kappa shape index (κ2) is 8.09. The van der Waals surface area contributed by atoms with E-state index < -0.39 is 0 Å². The third-order valence-electron chi connectivity index (χ3n) is 5.15. The van der Waals surface area contributed by atoms with E-state index in [0.29, 0.717) is 18.3 Å². The van der Waals surface area contributed by atoms with Gasteiger partial charge in [0.25, 0.3) is 0 Å². The van der Waals surface area contributed by atoms with Crippen LogP contribution in [0.25, 0.3) is 0 Å². The van der Waals surface area contributed by atoms with Gasteiger partial charge in [0.1, 0.15) is 5.82 Å². The van der Waals surface area contributed by atoms with E-state index in [9.17, 15) is 9.18 Å². The number of nitrogens with zero attached hydrogens (tertiary/aromatic N) is 2. The predicted octanol–water partition coefficient (Wildman–Crippen LogP) is 4.82. The Morgan fingerprint density at radius 2 is 1.96 bits per heavy atom. The molecule has 1 unspecified atom stereocenters. The molecule has 1 saturated heterocycles. The lowest BCUT2D eigenvalue weighted by atomic mass is 9.85. The highest BCUT2D eigenvalue weighted by Gasteiger charge is 2.28. The zero-order chi connectivity index (χ0) is 17.8. The van der Waals surface area contributed by atoms with E-state index in [-0.39, 0.29) is 17.6 Å². The number of hydrogen-bond acceptors (Lipinski definition) is 3. The summed E-state index contributed by atoms with van der Waals surface area (Å²) in [5.41, 5.74) is 1.04. The molecular weight excluding hydrogens is 335 g/mol. The van der Waals surface area contributed by atoms with Crippen LogP contribution in [0.1, 0.15) is 55.5 Å². The average Bonchev–Trinajstić information content (AvgIpc) is 3.15. The van der Waals surface area contributed by atoms with Crippen LogP contribution >= 0.6 is 11.3 Å². The van der Waals surface area contributed by atoms with Crippen LogP contribution in [-0.2, 0) is 4.79 Å². The molecule has 1 aliphatic heterocycles. The van der Waals surface area contributed by atoms with Crippen LogP contribution in [0.15, 0.2) is 35.8 Å². The number of halogens is 1. The number of thiazole rings is 1. The molecule has 2 heterocycles. The first kappa shape index (κ1) is 18.1. The average molecular weight is 360 g/mol. The highest BCUT2D eigenvalue weighted by molar-refractivity contribution is 7.09. The molecule has 1 atom stereocenters. The van der Waals surface area contributed by atoms with E-state index in [1.165, 1.54) is 17.1 Å². The zero-order valence-corrected chi connectivity index (χ0v) is 15.6. The summed E-state index contributed by atoms with van der Waals surface area (Å²) in [5.74, 6) is 0.927. The molecule has 1 fully saturated rings. The molecule has 0 N–H and O–H groups in total. The van der Waals surface area contributed by atoms with Crippen molar-refractivity contribution in [2.45, 2.75) is 44.9 Å². The third kappa shape index (κ3) is 4.46. The number of aromatic nitrogens is 1. The van der Waals surface area contributed by atoms with Crippen molar-refractivity contribution < 1.29 is 9.18 Å². The van der Waals surface area contributed by atoms with Gasteiger partial charge < -0.3 is 4.90 Å². The van der Waals surface area contributed by atoms with E-state index >= 15 is 0 Å². The van der Waals surface area contributed by atoms with E-state index in [0.717, 1.165) is 31.5 Å². The normalized spacial score (nSPS) is 17.0. The highest BCUT2D eigenvalue weighted by Crippen LogP contribution is 2.32. The lowest BCUT2D eigenvalue weighted by Crippen LogP contribution is -2.38. The molecule has 3 rings (SSSR count). The SMILES string of the molecule is CC(C)C(CC(=O)N1CCC(c2nccs2)CC1)c1ccc(F)cc1. The number of hydrogen-bond donors (Lipinski definition) is 0. The molecule has 5 heteroatoms. The van der Waals surface area contributed by atoms with Crippen molar-refractivity contribution in [3.05, 3.63) is 52.2 Å². The molecule has 0 spiro atoms. The van der Waals surface area contributed by atoms with Crippen molar-refractivity contribution in [3.63, 3.8) is 0 Å². The molecule has 0 radical (unpaired) electrons. The lowest BCUT2D eigenvalue weighted by molar-refractivity contribution is -0.132. The van der Waals surface area contributed by atoms with Crippen LogP contribution in [0, 0.1) is 11.7 Å². The second-order valence-corrected chi connectivity index (χ2v) is 8.06. The third-order valence-corrected chi connectivity index (χ3v) is 6.08. The Bertz CT molecular complexity index is 676. The quantitative estimate of drug-likeness (QED) is 0.766. The van der Waals surface area contributed by atoms with Gasteiger partial charge in [0.15, 0.2) is 0 Å². The van der Waals surface area contributed by atoms with Crippen LogP contribution in [-0.4, -0.2) is 28.9 Å². The molecule has 1 aromatic carbocycles. The van der Waals surface area contributed by atoms with Crippen molar-refractivity contribution in [2.75, 3.05) is 13.1 Å². The van der Waals surface area contributed by atoms with Gasteiger partial charge in [0.05, 0.1) is 5.01 Å². The molecular formula is C20H25FN2OS. The number of carbonyl (C=O) groups is 1. The molecule has 1 aliphatic rings. The number of amides is 1. The number of likely N-dealkylation sites (tertiary alicyclic amines) is 1. The van der Waals surface area contributed by atoms with Crippen molar-refractivity contribution in [1.29, 1.82) is 0 Å². The van der Waals surface area contributed by atoms with Gasteiger partial charge in [0.2, 0.25) is 5.91 Å². The van der Waals surface area contributed by atoms with E-state index in [4.69, 9.17) is 0 Å². The number of piperidine rings is 1. The Balaban J connectivity index is 1.59. The molecule has 1 aromatic heterocycles. The van der Waals surface area contributed by atoms with Crippen LogP contribution in [0.4, 0.5) is 4.39 Å². The first-order valence-corrected chi connectivity index (χ1v) is 9.85. The standard InChI is InChI=1S/C20H25FN2OS/c1-14(2)18(15-3-5-17(21)6-4-15)13-19(24)23-10-7-16(8-11-23)20-22-9-12-25-20/h3-6,9,12,14,16,18H,7-8,10-11,13H2,1-2H3. The number of carbonyl (C=O) groups excluding carboxylic acids is 1. The maximum Gasteiger partial charge on any atom is 0.223 e. The second-order valence-electron chi connectivity index (χ2n) is 7.13. The van der Waals surface area contributed by atoms with Gasteiger partial charge in [-0.2, -0.15) is 0 Å². The number of rotatable bonds is 5. The molecule has 2 aromatic rings. The topological polar surface area (TPSA) is 33.2 Å². The molecule has 134 valence electrons. The zero-order valence-electron chi connectivity index (χ0n) is 14.8. The predicted molar refractivity (Wildman–Crippen MR) is 99.3 cm³/mol. The fourth-order valence-corrected chi connectivity index (χ4v) is 4.39. The van der Waals surface area contributed by atoms with Crippen LogP contribution < -0.4 is 0 Å². The minimum atomic E-state index is -0.234. The lowest BCUT2D eigenvalue weighted by Gasteiger charge is -2.33. The fraction of sp³-hybridized carbons (Fsp3) is 0.500. The van der Waals surface area contributed by atoms with Crippen molar-refractivity contribution in [2.24, 2.45) is 5.92 Å². The highest BCUT2D eigenvalue weighted by atomic mass is 32.1. The van der Waals surface area contributed by atoms with Crippen molar-refractivity contribution >= 4 is 17.2 Å². The van der Waals surface area contributed by atoms with Crippen LogP contribution in [0.2, 0.25) is 0 Å². The molecule has 1 amide bonds. The summed E-state index contributed by atoms with van der Waals surface area (Å²) in [7, 11) is 0. The summed E-state index contributed by atoms with van der Waals surface area (Å²) < 4.78 is 13.2. The van der Waals surface area contributed by atoms with E-state index in [2.05, 4.69) is 18.8 Å². The fourth-order valence-electron chi connectivity index (χ4n) is 3.58. The van der Waals surface area contributed by atoms with Gasteiger partial charge in [-0.1, -0.05) is 26.0 Å². The Morgan fingerprint density at radius 1 is 1.28 bits per heavy atom. The Hall–Kier alpha value is -1.75. The van der Waals surface area contributed by atoms with Gasteiger partial charge >= 0.3 is 0 Å². The summed E-state index contributed by atoms with van der Waals surface area (Å²) in [6.07, 6.45) is 4.32. The van der Waals surface area contributed by atoms with E-state index in [1.807, 2.05) is 28.6 Å². The minimum Gasteiger partial charge on any atom is -0.343 e. The van der Waals surface area contributed by atoms with Gasteiger partial charge in [0, 0.05) is 37.0 Å². The Morgan fingerprint density at radius 3 is 2.52 bits per heavy atom. The first-order chi connectivity index (χ1) is 12.0. The monoisotopic (exact) mass is 360 g/mol.